The lowest BCUT2D eigenvalue weighted by Crippen LogP contribution is -2.07. The minimum absolute atomic E-state index is 0.514. The summed E-state index contributed by atoms with van der Waals surface area (Å²) in [7, 11) is 3.73. The van der Waals surface area contributed by atoms with Gasteiger partial charge in [-0.2, -0.15) is 5.10 Å². The maximum absolute atomic E-state index is 9.94. The molecule has 5 nitrogen and oxygen atoms in total. The Morgan fingerprint density at radius 1 is 1.47 bits per heavy atom. The Morgan fingerprint density at radius 2 is 2.27 bits per heavy atom. The number of imidazole rings is 1. The van der Waals surface area contributed by atoms with Crippen molar-refractivity contribution in [3.05, 3.63) is 36.2 Å². The van der Waals surface area contributed by atoms with Gasteiger partial charge in [0.25, 0.3) is 0 Å². The average Bonchev–Trinajstić information content (AvgIpc) is 2.75. The molecule has 0 aliphatic heterocycles. The van der Waals surface area contributed by atoms with E-state index in [9.17, 15) is 5.11 Å². The fourth-order valence-corrected chi connectivity index (χ4v) is 1.56. The molecule has 0 saturated carbocycles. The first-order chi connectivity index (χ1) is 7.16. The largest absolute Gasteiger partial charge is 0.386 e. The third kappa shape index (κ3) is 2.07. The van der Waals surface area contributed by atoms with Crippen LogP contribution in [-0.2, 0) is 20.5 Å². The van der Waals surface area contributed by atoms with Crippen molar-refractivity contribution >= 4 is 0 Å². The molecule has 15 heavy (non-hydrogen) atoms. The van der Waals surface area contributed by atoms with E-state index in [1.807, 2.05) is 30.9 Å². The van der Waals surface area contributed by atoms with Gasteiger partial charge in [-0.3, -0.25) is 4.68 Å². The summed E-state index contributed by atoms with van der Waals surface area (Å²) in [5, 5.41) is 14.2. The summed E-state index contributed by atoms with van der Waals surface area (Å²) >= 11 is 0. The first-order valence-electron chi connectivity index (χ1n) is 4.79. The summed E-state index contributed by atoms with van der Waals surface area (Å²) < 4.78 is 3.54. The molecule has 0 spiro atoms. The standard InChI is InChI=1S/C10H14N4O/c1-13-7-11-6-9(13)10(15)5-8-3-4-14(2)12-8/h3-4,6-7,10,15H,5H2,1-2H3. The van der Waals surface area contributed by atoms with Crippen LogP contribution in [0.5, 0.6) is 0 Å². The van der Waals surface area contributed by atoms with E-state index in [0.29, 0.717) is 6.42 Å². The van der Waals surface area contributed by atoms with E-state index in [-0.39, 0.29) is 0 Å². The topological polar surface area (TPSA) is 55.9 Å². The molecule has 5 heteroatoms. The van der Waals surface area contributed by atoms with Crippen LogP contribution in [0.3, 0.4) is 0 Å². The molecule has 1 atom stereocenters. The number of rotatable bonds is 3. The van der Waals surface area contributed by atoms with Crippen molar-refractivity contribution in [3.63, 3.8) is 0 Å². The van der Waals surface area contributed by atoms with Crippen molar-refractivity contribution in [1.29, 1.82) is 0 Å². The molecule has 2 rings (SSSR count). The van der Waals surface area contributed by atoms with Crippen molar-refractivity contribution in [1.82, 2.24) is 19.3 Å². The highest BCUT2D eigenvalue weighted by molar-refractivity contribution is 5.08. The average molecular weight is 206 g/mol. The predicted octanol–water partition coefficient (Wildman–Crippen LogP) is 0.430. The van der Waals surface area contributed by atoms with Crippen LogP contribution in [0.4, 0.5) is 0 Å². The van der Waals surface area contributed by atoms with E-state index in [2.05, 4.69) is 10.1 Å². The van der Waals surface area contributed by atoms with Crippen molar-refractivity contribution in [2.24, 2.45) is 14.1 Å². The summed E-state index contributed by atoms with van der Waals surface area (Å²) in [5.41, 5.74) is 1.69. The van der Waals surface area contributed by atoms with Gasteiger partial charge >= 0.3 is 0 Å². The maximum atomic E-state index is 9.94. The van der Waals surface area contributed by atoms with Crippen LogP contribution >= 0.6 is 0 Å². The molecule has 0 bridgehead atoms. The molecule has 0 aromatic carbocycles. The fourth-order valence-electron chi connectivity index (χ4n) is 1.56. The molecule has 0 radical (unpaired) electrons. The van der Waals surface area contributed by atoms with E-state index >= 15 is 0 Å². The van der Waals surface area contributed by atoms with Crippen molar-refractivity contribution in [2.45, 2.75) is 12.5 Å². The fraction of sp³-hybridized carbons (Fsp3) is 0.400. The Bertz CT molecular complexity index is 446. The summed E-state index contributed by atoms with van der Waals surface area (Å²) in [6, 6.07) is 1.90. The highest BCUT2D eigenvalue weighted by Gasteiger charge is 2.13. The zero-order chi connectivity index (χ0) is 10.8. The van der Waals surface area contributed by atoms with Gasteiger partial charge < -0.3 is 9.67 Å². The minimum Gasteiger partial charge on any atom is -0.386 e. The maximum Gasteiger partial charge on any atom is 0.101 e. The Hall–Kier alpha value is -1.62. The van der Waals surface area contributed by atoms with E-state index in [4.69, 9.17) is 0 Å². The van der Waals surface area contributed by atoms with Gasteiger partial charge in [0.15, 0.2) is 0 Å². The number of aliphatic hydroxyl groups excluding tert-OH is 1. The highest BCUT2D eigenvalue weighted by Crippen LogP contribution is 2.15. The monoisotopic (exact) mass is 206 g/mol. The number of nitrogens with zero attached hydrogens (tertiary/aromatic N) is 4. The van der Waals surface area contributed by atoms with Crippen LogP contribution in [0.25, 0.3) is 0 Å². The van der Waals surface area contributed by atoms with Gasteiger partial charge in [-0.1, -0.05) is 0 Å². The van der Waals surface area contributed by atoms with Crippen molar-refractivity contribution in [2.75, 3.05) is 0 Å². The van der Waals surface area contributed by atoms with E-state index in [1.165, 1.54) is 0 Å². The Morgan fingerprint density at radius 3 is 2.80 bits per heavy atom. The second-order valence-corrected chi connectivity index (χ2v) is 3.63. The lowest BCUT2D eigenvalue weighted by molar-refractivity contribution is 0.168. The Kier molecular flexibility index (Phi) is 2.55. The third-order valence-electron chi connectivity index (χ3n) is 2.37. The minimum atomic E-state index is -0.549. The van der Waals surface area contributed by atoms with Gasteiger partial charge in [0.2, 0.25) is 0 Å². The first-order valence-corrected chi connectivity index (χ1v) is 4.79. The molecule has 0 aliphatic carbocycles. The molecule has 0 aliphatic rings. The summed E-state index contributed by atoms with van der Waals surface area (Å²) in [6.45, 7) is 0. The number of aryl methyl sites for hydroxylation is 2. The van der Waals surface area contributed by atoms with Crippen LogP contribution in [0, 0.1) is 0 Å². The van der Waals surface area contributed by atoms with Gasteiger partial charge in [0, 0.05) is 26.7 Å². The SMILES string of the molecule is Cn1ccc(CC(O)c2cncn2C)n1. The molecular formula is C10H14N4O. The van der Waals surface area contributed by atoms with Gasteiger partial charge in [-0.05, 0) is 6.07 Å². The molecule has 1 unspecified atom stereocenters. The first kappa shape index (κ1) is 9.92. The zero-order valence-electron chi connectivity index (χ0n) is 8.83. The lowest BCUT2D eigenvalue weighted by Gasteiger charge is -2.08. The molecule has 1 N–H and O–H groups in total. The van der Waals surface area contributed by atoms with Gasteiger partial charge in [0.1, 0.15) is 6.10 Å². The molecule has 80 valence electrons. The van der Waals surface area contributed by atoms with Crippen LogP contribution in [0.1, 0.15) is 17.5 Å². The third-order valence-corrected chi connectivity index (χ3v) is 2.37. The number of aromatic nitrogens is 4. The Labute approximate surface area is 88.0 Å². The van der Waals surface area contributed by atoms with Crippen LogP contribution < -0.4 is 0 Å². The lowest BCUT2D eigenvalue weighted by atomic mass is 10.1. The quantitative estimate of drug-likeness (QED) is 0.792. The number of aliphatic hydroxyl groups is 1. The molecule has 0 saturated heterocycles. The van der Waals surface area contributed by atoms with Crippen molar-refractivity contribution in [3.8, 4) is 0 Å². The van der Waals surface area contributed by atoms with Crippen molar-refractivity contribution < 1.29 is 5.11 Å². The normalized spacial score (nSPS) is 13.0. The summed E-state index contributed by atoms with van der Waals surface area (Å²) in [6.07, 6.45) is 5.18. The molecule has 0 fully saturated rings. The zero-order valence-corrected chi connectivity index (χ0v) is 8.83. The van der Waals surface area contributed by atoms with Crippen LogP contribution in [-0.4, -0.2) is 24.4 Å². The second kappa shape index (κ2) is 3.86. The van der Waals surface area contributed by atoms with Gasteiger partial charge in [-0.15, -0.1) is 0 Å². The molecule has 2 heterocycles. The van der Waals surface area contributed by atoms with Crippen LogP contribution in [0.2, 0.25) is 0 Å². The second-order valence-electron chi connectivity index (χ2n) is 3.63. The molecule has 2 aromatic heterocycles. The molecule has 2 aromatic rings. The van der Waals surface area contributed by atoms with E-state index < -0.39 is 6.10 Å². The summed E-state index contributed by atoms with van der Waals surface area (Å²) in [4.78, 5) is 3.97. The molecule has 0 amide bonds. The Balaban J connectivity index is 2.10. The van der Waals surface area contributed by atoms with E-state index in [0.717, 1.165) is 11.4 Å². The number of hydrogen-bond donors (Lipinski definition) is 1. The number of hydrogen-bond acceptors (Lipinski definition) is 3. The predicted molar refractivity (Wildman–Crippen MR) is 55.1 cm³/mol. The van der Waals surface area contributed by atoms with Crippen LogP contribution in [0.15, 0.2) is 24.8 Å². The van der Waals surface area contributed by atoms with Gasteiger partial charge in [-0.25, -0.2) is 4.98 Å². The highest BCUT2D eigenvalue weighted by atomic mass is 16.3. The smallest absolute Gasteiger partial charge is 0.101 e. The van der Waals surface area contributed by atoms with Gasteiger partial charge in [0.05, 0.1) is 23.9 Å². The summed E-state index contributed by atoms with van der Waals surface area (Å²) in [5.74, 6) is 0. The molecular weight excluding hydrogens is 192 g/mol. The van der Waals surface area contributed by atoms with E-state index in [1.54, 1.807) is 17.2 Å².